The average Bonchev–Trinajstić information content (AvgIpc) is 3.09. The molecule has 1 aromatic rings. The Morgan fingerprint density at radius 3 is 2.70 bits per heavy atom. The molecule has 2 saturated heterocycles. The molecule has 3 heterocycles. The number of aromatic nitrogens is 1. The van der Waals surface area contributed by atoms with E-state index in [1.807, 2.05) is 11.8 Å². The maximum atomic E-state index is 12.2. The Morgan fingerprint density at radius 1 is 1.40 bits per heavy atom. The van der Waals surface area contributed by atoms with Gasteiger partial charge in [0.25, 0.3) is 5.91 Å². The fourth-order valence-electron chi connectivity index (χ4n) is 2.86. The van der Waals surface area contributed by atoms with Crippen molar-refractivity contribution < 1.29 is 9.32 Å². The molecule has 3 rings (SSSR count). The van der Waals surface area contributed by atoms with Gasteiger partial charge in [-0.15, -0.1) is 12.4 Å². The molecule has 0 radical (unpaired) electrons. The quantitative estimate of drug-likeness (QED) is 0.863. The molecule has 2 aliphatic heterocycles. The molecule has 1 amide bonds. The number of hydrogen-bond acceptors (Lipinski definition) is 5. The van der Waals surface area contributed by atoms with Crippen LogP contribution in [0.15, 0.2) is 10.6 Å². The summed E-state index contributed by atoms with van der Waals surface area (Å²) in [5.41, 5.74) is 0.749. The normalized spacial score (nSPS) is 23.6. The van der Waals surface area contributed by atoms with E-state index in [1.165, 1.54) is 6.42 Å². The lowest BCUT2D eigenvalue weighted by Gasteiger charge is -2.37. The third-order valence-corrected chi connectivity index (χ3v) is 3.99. The summed E-state index contributed by atoms with van der Waals surface area (Å²) >= 11 is 0. The van der Waals surface area contributed by atoms with E-state index in [2.05, 4.69) is 15.4 Å². The van der Waals surface area contributed by atoms with Crippen LogP contribution >= 0.6 is 12.4 Å². The van der Waals surface area contributed by atoms with Crippen LogP contribution in [-0.2, 0) is 0 Å². The first-order valence-electron chi connectivity index (χ1n) is 6.91. The summed E-state index contributed by atoms with van der Waals surface area (Å²) in [6.45, 7) is 7.46. The topological polar surface area (TPSA) is 61.6 Å². The van der Waals surface area contributed by atoms with Crippen molar-refractivity contribution in [3.05, 3.63) is 17.5 Å². The minimum atomic E-state index is -0.0372. The van der Waals surface area contributed by atoms with Gasteiger partial charge >= 0.3 is 0 Å². The lowest BCUT2D eigenvalue weighted by atomic mass is 10.2. The van der Waals surface area contributed by atoms with Crippen LogP contribution < -0.4 is 5.32 Å². The second-order valence-corrected chi connectivity index (χ2v) is 5.31. The Morgan fingerprint density at radius 2 is 2.15 bits per heavy atom. The average molecular weight is 301 g/mol. The van der Waals surface area contributed by atoms with Gasteiger partial charge in [0.05, 0.1) is 5.69 Å². The number of nitrogens with zero attached hydrogens (tertiary/aromatic N) is 3. The SMILES string of the molecule is Cc1cc(C(=O)N2CCN(C3CCNC3)CC2)on1.Cl. The van der Waals surface area contributed by atoms with Crippen LogP contribution in [0, 0.1) is 6.92 Å². The fourth-order valence-corrected chi connectivity index (χ4v) is 2.86. The molecule has 6 nitrogen and oxygen atoms in total. The molecule has 1 atom stereocenters. The van der Waals surface area contributed by atoms with Crippen LogP contribution in [-0.4, -0.2) is 66.2 Å². The van der Waals surface area contributed by atoms with Crippen molar-refractivity contribution in [2.24, 2.45) is 0 Å². The van der Waals surface area contributed by atoms with E-state index in [9.17, 15) is 4.79 Å². The van der Waals surface area contributed by atoms with Gasteiger partial charge in [-0.2, -0.15) is 0 Å². The third-order valence-electron chi connectivity index (χ3n) is 3.99. The van der Waals surface area contributed by atoms with Crippen molar-refractivity contribution in [1.82, 2.24) is 20.3 Å². The largest absolute Gasteiger partial charge is 0.351 e. The summed E-state index contributed by atoms with van der Waals surface area (Å²) in [6.07, 6.45) is 1.22. The number of hydrogen-bond donors (Lipinski definition) is 1. The zero-order valence-corrected chi connectivity index (χ0v) is 12.5. The first-order valence-corrected chi connectivity index (χ1v) is 6.91. The van der Waals surface area contributed by atoms with Crippen molar-refractivity contribution >= 4 is 18.3 Å². The smallest absolute Gasteiger partial charge is 0.292 e. The molecule has 1 unspecified atom stereocenters. The first kappa shape index (κ1) is 15.3. The van der Waals surface area contributed by atoms with E-state index >= 15 is 0 Å². The number of amides is 1. The number of carbonyl (C=O) groups is 1. The van der Waals surface area contributed by atoms with Gasteiger partial charge in [-0.3, -0.25) is 9.69 Å². The highest BCUT2D eigenvalue weighted by atomic mass is 35.5. The van der Waals surface area contributed by atoms with Crippen molar-refractivity contribution in [2.45, 2.75) is 19.4 Å². The number of piperazine rings is 1. The van der Waals surface area contributed by atoms with E-state index in [0.717, 1.165) is 45.0 Å². The highest BCUT2D eigenvalue weighted by molar-refractivity contribution is 5.91. The van der Waals surface area contributed by atoms with Crippen LogP contribution in [0.5, 0.6) is 0 Å². The summed E-state index contributed by atoms with van der Waals surface area (Å²) in [7, 11) is 0. The van der Waals surface area contributed by atoms with E-state index in [1.54, 1.807) is 6.07 Å². The van der Waals surface area contributed by atoms with E-state index in [-0.39, 0.29) is 18.3 Å². The highest BCUT2D eigenvalue weighted by Gasteiger charge is 2.29. The van der Waals surface area contributed by atoms with Gasteiger partial charge < -0.3 is 14.7 Å². The third kappa shape index (κ3) is 3.13. The Kier molecular flexibility index (Phi) is 5.01. The van der Waals surface area contributed by atoms with Crippen LogP contribution in [0.3, 0.4) is 0 Å². The lowest BCUT2D eigenvalue weighted by molar-refractivity contribution is 0.0546. The molecule has 112 valence electrons. The van der Waals surface area contributed by atoms with Crippen molar-refractivity contribution in [3.8, 4) is 0 Å². The van der Waals surface area contributed by atoms with E-state index in [4.69, 9.17) is 4.52 Å². The Labute approximate surface area is 124 Å². The van der Waals surface area contributed by atoms with Gasteiger partial charge in [0, 0.05) is 44.8 Å². The number of halogens is 1. The van der Waals surface area contributed by atoms with Crippen molar-refractivity contribution in [1.29, 1.82) is 0 Å². The molecule has 7 heteroatoms. The molecule has 0 aliphatic carbocycles. The second-order valence-electron chi connectivity index (χ2n) is 5.31. The molecule has 0 bridgehead atoms. The van der Waals surface area contributed by atoms with Gasteiger partial charge in [-0.05, 0) is 19.9 Å². The summed E-state index contributed by atoms with van der Waals surface area (Å²) in [5, 5.41) is 7.16. The zero-order chi connectivity index (χ0) is 13.2. The fraction of sp³-hybridized carbons (Fsp3) is 0.692. The van der Waals surface area contributed by atoms with Crippen molar-refractivity contribution in [2.75, 3.05) is 39.3 Å². The van der Waals surface area contributed by atoms with Crippen LogP contribution in [0.4, 0.5) is 0 Å². The minimum Gasteiger partial charge on any atom is -0.351 e. The Hall–Kier alpha value is -1.11. The van der Waals surface area contributed by atoms with Crippen LogP contribution in [0.2, 0.25) is 0 Å². The number of nitrogens with one attached hydrogen (secondary N) is 1. The minimum absolute atomic E-state index is 0. The molecule has 1 N–H and O–H groups in total. The Balaban J connectivity index is 0.00000147. The summed E-state index contributed by atoms with van der Waals surface area (Å²) < 4.78 is 5.04. The summed E-state index contributed by atoms with van der Waals surface area (Å²) in [5.74, 6) is 0.318. The van der Waals surface area contributed by atoms with E-state index < -0.39 is 0 Å². The zero-order valence-electron chi connectivity index (χ0n) is 11.7. The predicted octanol–water partition coefficient (Wildman–Crippen LogP) is 0.525. The van der Waals surface area contributed by atoms with Gasteiger partial charge in [0.15, 0.2) is 0 Å². The molecule has 1 aromatic heterocycles. The van der Waals surface area contributed by atoms with Gasteiger partial charge in [-0.1, -0.05) is 5.16 Å². The molecule has 2 aliphatic rings. The summed E-state index contributed by atoms with van der Waals surface area (Å²) in [6, 6.07) is 2.35. The molecular formula is C13H21ClN4O2. The lowest BCUT2D eigenvalue weighted by Crippen LogP contribution is -2.52. The second kappa shape index (κ2) is 6.56. The molecule has 20 heavy (non-hydrogen) atoms. The molecule has 0 spiro atoms. The van der Waals surface area contributed by atoms with Gasteiger partial charge in [-0.25, -0.2) is 0 Å². The van der Waals surface area contributed by atoms with Crippen LogP contribution in [0.25, 0.3) is 0 Å². The number of rotatable bonds is 2. The molecule has 0 saturated carbocycles. The van der Waals surface area contributed by atoms with E-state index in [0.29, 0.717) is 11.8 Å². The monoisotopic (exact) mass is 300 g/mol. The standard InChI is InChI=1S/C13H20N4O2.ClH/c1-10-8-12(19-15-10)13(18)17-6-4-16(5-7-17)11-2-3-14-9-11;/h8,11,14H,2-7,9H2,1H3;1H. The van der Waals surface area contributed by atoms with Gasteiger partial charge in [0.1, 0.15) is 0 Å². The predicted molar refractivity (Wildman–Crippen MR) is 77.2 cm³/mol. The molecule has 0 aromatic carbocycles. The Bertz CT molecular complexity index is 451. The molecular weight excluding hydrogens is 280 g/mol. The summed E-state index contributed by atoms with van der Waals surface area (Å²) in [4.78, 5) is 16.5. The highest BCUT2D eigenvalue weighted by Crippen LogP contribution is 2.14. The number of aryl methyl sites for hydroxylation is 1. The van der Waals surface area contributed by atoms with Crippen LogP contribution in [0.1, 0.15) is 22.7 Å². The van der Waals surface area contributed by atoms with Gasteiger partial charge in [0.2, 0.25) is 5.76 Å². The maximum absolute atomic E-state index is 12.2. The van der Waals surface area contributed by atoms with Crippen molar-refractivity contribution in [3.63, 3.8) is 0 Å². The number of carbonyl (C=O) groups excluding carboxylic acids is 1. The maximum Gasteiger partial charge on any atom is 0.292 e. The first-order chi connectivity index (χ1) is 9.24. The molecule has 2 fully saturated rings.